The predicted molar refractivity (Wildman–Crippen MR) is 101 cm³/mol. The molecule has 1 amide bonds. The fraction of sp³-hybridized carbons (Fsp3) is 0.619. The van der Waals surface area contributed by atoms with Gasteiger partial charge in [0.25, 0.3) is 0 Å². The standard InChI is InChI=1S/C21H30N2O3/c1-15(16(2)23-10-12-26-13-11-23)22-21(25)9-8-20(24)19-7-6-17-4-3-5-18(17)14-19/h6-7,14-16H,3-5,8-13H2,1-2H3,(H,22,25). The van der Waals surface area contributed by atoms with Crippen molar-refractivity contribution in [2.24, 2.45) is 0 Å². The van der Waals surface area contributed by atoms with E-state index in [1.807, 2.05) is 19.1 Å². The molecule has 2 aliphatic rings. The third kappa shape index (κ3) is 4.71. The third-order valence-corrected chi connectivity index (χ3v) is 5.73. The van der Waals surface area contributed by atoms with Gasteiger partial charge in [0.2, 0.25) is 5.91 Å². The molecule has 1 aliphatic heterocycles. The highest BCUT2D eigenvalue weighted by molar-refractivity contribution is 5.98. The summed E-state index contributed by atoms with van der Waals surface area (Å²) >= 11 is 0. The average Bonchev–Trinajstić information content (AvgIpc) is 3.13. The molecule has 1 N–H and O–H groups in total. The van der Waals surface area contributed by atoms with Crippen LogP contribution in [0.25, 0.3) is 0 Å². The molecule has 5 nitrogen and oxygen atoms in total. The lowest BCUT2D eigenvalue weighted by molar-refractivity contribution is -0.122. The molecule has 1 saturated heterocycles. The molecule has 0 bridgehead atoms. The molecule has 0 saturated carbocycles. The number of nitrogens with one attached hydrogen (secondary N) is 1. The number of benzene rings is 1. The van der Waals surface area contributed by atoms with Gasteiger partial charge in [0.05, 0.1) is 13.2 Å². The van der Waals surface area contributed by atoms with Crippen LogP contribution in [0.1, 0.15) is 54.6 Å². The lowest BCUT2D eigenvalue weighted by Gasteiger charge is -2.35. The van der Waals surface area contributed by atoms with Gasteiger partial charge < -0.3 is 10.1 Å². The highest BCUT2D eigenvalue weighted by Crippen LogP contribution is 2.23. The maximum Gasteiger partial charge on any atom is 0.220 e. The number of ether oxygens (including phenoxy) is 1. The van der Waals surface area contributed by atoms with Crippen LogP contribution in [0.5, 0.6) is 0 Å². The molecule has 0 radical (unpaired) electrons. The van der Waals surface area contributed by atoms with Crippen molar-refractivity contribution in [3.63, 3.8) is 0 Å². The Balaban J connectivity index is 1.45. The maximum absolute atomic E-state index is 12.4. The smallest absolute Gasteiger partial charge is 0.220 e. The van der Waals surface area contributed by atoms with Gasteiger partial charge in [-0.05, 0) is 50.3 Å². The second kappa shape index (κ2) is 8.78. The van der Waals surface area contributed by atoms with Gasteiger partial charge in [-0.2, -0.15) is 0 Å². The molecule has 1 heterocycles. The van der Waals surface area contributed by atoms with Crippen LogP contribution in [0.3, 0.4) is 0 Å². The number of carbonyl (C=O) groups excluding carboxylic acids is 2. The summed E-state index contributed by atoms with van der Waals surface area (Å²) in [7, 11) is 0. The van der Waals surface area contributed by atoms with E-state index < -0.39 is 0 Å². The van der Waals surface area contributed by atoms with Gasteiger partial charge in [-0.15, -0.1) is 0 Å². The number of ketones is 1. The van der Waals surface area contributed by atoms with E-state index in [0.29, 0.717) is 0 Å². The van der Waals surface area contributed by atoms with Gasteiger partial charge >= 0.3 is 0 Å². The monoisotopic (exact) mass is 358 g/mol. The number of carbonyl (C=O) groups is 2. The Kier molecular flexibility index (Phi) is 6.43. The second-order valence-electron chi connectivity index (χ2n) is 7.51. The lowest BCUT2D eigenvalue weighted by Crippen LogP contribution is -2.52. The van der Waals surface area contributed by atoms with Gasteiger partial charge in [-0.1, -0.05) is 12.1 Å². The van der Waals surface area contributed by atoms with Crippen molar-refractivity contribution in [1.82, 2.24) is 10.2 Å². The van der Waals surface area contributed by atoms with Crippen molar-refractivity contribution in [1.29, 1.82) is 0 Å². The maximum atomic E-state index is 12.4. The van der Waals surface area contributed by atoms with Gasteiger partial charge in [0, 0.05) is 43.6 Å². The first-order valence-electron chi connectivity index (χ1n) is 9.81. The highest BCUT2D eigenvalue weighted by atomic mass is 16.5. The van der Waals surface area contributed by atoms with Crippen LogP contribution < -0.4 is 5.32 Å². The molecule has 0 aromatic heterocycles. The average molecular weight is 358 g/mol. The van der Waals surface area contributed by atoms with E-state index in [2.05, 4.69) is 23.2 Å². The number of hydrogen-bond acceptors (Lipinski definition) is 4. The lowest BCUT2D eigenvalue weighted by atomic mass is 10.0. The number of rotatable bonds is 7. The number of Topliss-reactive ketones (excluding diaryl/α,β-unsaturated/α-hetero) is 1. The Morgan fingerprint density at radius 2 is 1.85 bits per heavy atom. The quantitative estimate of drug-likeness (QED) is 0.760. The molecule has 1 aromatic carbocycles. The van der Waals surface area contributed by atoms with Gasteiger partial charge in [-0.25, -0.2) is 0 Å². The summed E-state index contributed by atoms with van der Waals surface area (Å²) in [4.78, 5) is 27.0. The summed E-state index contributed by atoms with van der Waals surface area (Å²) in [6.45, 7) is 7.46. The minimum absolute atomic E-state index is 0.0490. The molecular weight excluding hydrogens is 328 g/mol. The zero-order chi connectivity index (χ0) is 18.5. The fourth-order valence-corrected chi connectivity index (χ4v) is 3.86. The molecule has 0 spiro atoms. The Hall–Kier alpha value is -1.72. The zero-order valence-corrected chi connectivity index (χ0v) is 15.9. The van der Waals surface area contributed by atoms with Gasteiger partial charge in [0.15, 0.2) is 5.78 Å². The summed E-state index contributed by atoms with van der Waals surface area (Å²) in [6.07, 6.45) is 3.87. The molecule has 3 rings (SSSR count). The van der Waals surface area contributed by atoms with Crippen LogP contribution in [0.4, 0.5) is 0 Å². The van der Waals surface area contributed by atoms with Crippen LogP contribution in [-0.4, -0.2) is 55.0 Å². The number of nitrogens with zero attached hydrogens (tertiary/aromatic N) is 1. The van der Waals surface area contributed by atoms with Crippen LogP contribution in [0.15, 0.2) is 18.2 Å². The van der Waals surface area contributed by atoms with Crippen molar-refractivity contribution >= 4 is 11.7 Å². The van der Waals surface area contributed by atoms with Crippen molar-refractivity contribution < 1.29 is 14.3 Å². The molecule has 2 atom stereocenters. The van der Waals surface area contributed by atoms with Crippen molar-refractivity contribution in [3.8, 4) is 0 Å². The minimum atomic E-state index is -0.0490. The van der Waals surface area contributed by atoms with E-state index in [1.54, 1.807) is 0 Å². The first-order chi connectivity index (χ1) is 12.5. The van der Waals surface area contributed by atoms with E-state index in [4.69, 9.17) is 4.74 Å². The number of hydrogen-bond donors (Lipinski definition) is 1. The van der Waals surface area contributed by atoms with Crippen molar-refractivity contribution in [2.75, 3.05) is 26.3 Å². The molecule has 26 heavy (non-hydrogen) atoms. The van der Waals surface area contributed by atoms with E-state index in [1.165, 1.54) is 17.5 Å². The Labute approximate surface area is 156 Å². The van der Waals surface area contributed by atoms with Crippen LogP contribution in [-0.2, 0) is 22.4 Å². The largest absolute Gasteiger partial charge is 0.379 e. The normalized spacial score (nSPS) is 19.6. The van der Waals surface area contributed by atoms with Gasteiger partial charge in [0.1, 0.15) is 0 Å². The van der Waals surface area contributed by atoms with Crippen molar-refractivity contribution in [2.45, 2.75) is 58.0 Å². The highest BCUT2D eigenvalue weighted by Gasteiger charge is 2.23. The zero-order valence-electron chi connectivity index (χ0n) is 15.9. The summed E-state index contributed by atoms with van der Waals surface area (Å²) in [5.74, 6) is 0.0100. The molecule has 142 valence electrons. The SMILES string of the molecule is CC(NC(=O)CCC(=O)c1ccc2c(c1)CCC2)C(C)N1CCOCC1. The second-order valence-corrected chi connectivity index (χ2v) is 7.51. The predicted octanol–water partition coefficient (Wildman–Crippen LogP) is 2.36. The van der Waals surface area contributed by atoms with Crippen LogP contribution >= 0.6 is 0 Å². The molecule has 1 fully saturated rings. The summed E-state index contributed by atoms with van der Waals surface area (Å²) < 4.78 is 5.38. The van der Waals surface area contributed by atoms with Crippen LogP contribution in [0, 0.1) is 0 Å². The number of fused-ring (bicyclic) bond motifs is 1. The fourth-order valence-electron chi connectivity index (χ4n) is 3.86. The summed E-state index contributed by atoms with van der Waals surface area (Å²) in [5.41, 5.74) is 3.41. The molecular formula is C21H30N2O3. The van der Waals surface area contributed by atoms with E-state index >= 15 is 0 Å². The Morgan fingerprint density at radius 1 is 1.12 bits per heavy atom. The number of morpholine rings is 1. The van der Waals surface area contributed by atoms with Crippen LogP contribution in [0.2, 0.25) is 0 Å². The topological polar surface area (TPSA) is 58.6 Å². The Bertz CT molecular complexity index is 653. The van der Waals surface area contributed by atoms with E-state index in [9.17, 15) is 9.59 Å². The first-order valence-corrected chi connectivity index (χ1v) is 9.81. The first kappa shape index (κ1) is 19.1. The third-order valence-electron chi connectivity index (χ3n) is 5.73. The van der Waals surface area contributed by atoms with Gasteiger partial charge in [-0.3, -0.25) is 14.5 Å². The molecule has 1 aromatic rings. The number of aryl methyl sites for hydroxylation is 2. The Morgan fingerprint density at radius 3 is 2.62 bits per heavy atom. The molecule has 1 aliphatic carbocycles. The minimum Gasteiger partial charge on any atom is -0.379 e. The number of amides is 1. The summed E-state index contributed by atoms with van der Waals surface area (Å²) in [6, 6.07) is 6.31. The molecule has 2 unspecified atom stereocenters. The van der Waals surface area contributed by atoms with E-state index in [0.717, 1.165) is 44.7 Å². The van der Waals surface area contributed by atoms with E-state index in [-0.39, 0.29) is 36.6 Å². The van der Waals surface area contributed by atoms with Crippen molar-refractivity contribution in [3.05, 3.63) is 34.9 Å². The molecule has 5 heteroatoms. The summed E-state index contributed by atoms with van der Waals surface area (Å²) in [5, 5.41) is 3.05.